The number of alkyl halides is 1. The van der Waals surface area contributed by atoms with Crippen molar-refractivity contribution in [2.24, 2.45) is 5.92 Å². The minimum Gasteiger partial charge on any atom is -0.616 e. The second-order valence-corrected chi connectivity index (χ2v) is 9.91. The van der Waals surface area contributed by atoms with E-state index in [-0.39, 0.29) is 22.8 Å². The van der Waals surface area contributed by atoms with Gasteiger partial charge in [0.1, 0.15) is 0 Å². The van der Waals surface area contributed by atoms with Crippen molar-refractivity contribution in [2.75, 3.05) is 12.0 Å². The lowest BCUT2D eigenvalue weighted by molar-refractivity contribution is -0.117. The molecular formula is C24H39ClO2S. The molecule has 0 aliphatic rings. The fraction of sp³-hybridized carbons (Fsp3) is 0.708. The number of ketones is 1. The molecule has 0 aliphatic heterocycles. The van der Waals surface area contributed by atoms with E-state index in [1.165, 1.54) is 57.8 Å². The fourth-order valence-electron chi connectivity index (χ4n) is 3.73. The number of halogens is 1. The maximum atomic E-state index is 12.2. The number of carbonyl (C=O) groups excluding carboxylic acids is 1. The van der Waals surface area contributed by atoms with E-state index >= 15 is 0 Å². The van der Waals surface area contributed by atoms with Crippen molar-refractivity contribution in [3.63, 3.8) is 0 Å². The van der Waals surface area contributed by atoms with Gasteiger partial charge in [0.2, 0.25) is 0 Å². The van der Waals surface area contributed by atoms with Crippen molar-refractivity contribution in [3.8, 4) is 0 Å². The fourth-order valence-corrected chi connectivity index (χ4v) is 4.66. The van der Waals surface area contributed by atoms with Gasteiger partial charge in [-0.2, -0.15) is 0 Å². The molecule has 4 heteroatoms. The lowest BCUT2D eigenvalue weighted by Crippen LogP contribution is -2.20. The first-order valence-corrected chi connectivity index (χ1v) is 13.2. The third-order valence-corrected chi connectivity index (χ3v) is 6.65. The third-order valence-electron chi connectivity index (χ3n) is 5.31. The summed E-state index contributed by atoms with van der Waals surface area (Å²) in [6.45, 7) is 2.26. The minimum absolute atomic E-state index is 0.0690. The normalized spacial score (nSPS) is 14.6. The molecule has 0 bridgehead atoms. The summed E-state index contributed by atoms with van der Waals surface area (Å²) in [7, 11) is 0. The van der Waals surface area contributed by atoms with Crippen LogP contribution in [-0.2, 0) is 16.0 Å². The largest absolute Gasteiger partial charge is 0.616 e. The zero-order valence-electron chi connectivity index (χ0n) is 17.8. The lowest BCUT2D eigenvalue weighted by Gasteiger charge is -2.22. The van der Waals surface area contributed by atoms with E-state index in [0.717, 1.165) is 18.4 Å². The number of unbranched alkanes of at least 4 members (excludes halogenated alkanes) is 9. The Hall–Kier alpha value is -0.510. The number of benzene rings is 1. The van der Waals surface area contributed by atoms with Gasteiger partial charge in [-0.05, 0) is 29.1 Å². The summed E-state index contributed by atoms with van der Waals surface area (Å²) in [5, 5.41) is -0.158. The molecule has 0 aliphatic carbocycles. The maximum Gasteiger partial charge on any atom is 0.182 e. The van der Waals surface area contributed by atoms with Gasteiger partial charge in [-0.3, -0.25) is 4.79 Å². The number of hydrogen-bond donors (Lipinski definition) is 0. The third kappa shape index (κ3) is 12.1. The Morgan fingerprint density at radius 3 is 2.04 bits per heavy atom. The van der Waals surface area contributed by atoms with Crippen LogP contribution in [0.15, 0.2) is 30.3 Å². The molecule has 3 atom stereocenters. The van der Waals surface area contributed by atoms with Crippen LogP contribution in [0, 0.1) is 5.92 Å². The summed E-state index contributed by atoms with van der Waals surface area (Å²) in [5.74, 6) is 0.334. The van der Waals surface area contributed by atoms with Gasteiger partial charge in [0.25, 0.3) is 0 Å². The molecule has 0 fully saturated rings. The quantitative estimate of drug-likeness (QED) is 0.150. The molecule has 28 heavy (non-hydrogen) atoms. The molecule has 2 nitrogen and oxygen atoms in total. The molecule has 160 valence electrons. The number of hydrogen-bond acceptors (Lipinski definition) is 2. The average molecular weight is 427 g/mol. The Balaban J connectivity index is 2.36. The molecule has 0 amide bonds. The predicted octanol–water partition coefficient (Wildman–Crippen LogP) is 7.23. The first kappa shape index (κ1) is 25.5. The van der Waals surface area contributed by atoms with Crippen LogP contribution in [-0.4, -0.2) is 22.3 Å². The highest BCUT2D eigenvalue weighted by atomic mass is 35.5. The van der Waals surface area contributed by atoms with Crippen LogP contribution in [0.3, 0.4) is 0 Å². The van der Waals surface area contributed by atoms with Gasteiger partial charge in [-0.1, -0.05) is 101 Å². The first-order chi connectivity index (χ1) is 13.5. The summed E-state index contributed by atoms with van der Waals surface area (Å²) >= 11 is 5.67. The van der Waals surface area contributed by atoms with Crippen molar-refractivity contribution < 1.29 is 9.35 Å². The maximum absolute atomic E-state index is 12.2. The first-order valence-electron chi connectivity index (χ1n) is 11.0. The summed E-state index contributed by atoms with van der Waals surface area (Å²) in [4.78, 5) is 12.2. The van der Waals surface area contributed by atoms with Crippen molar-refractivity contribution in [1.82, 2.24) is 0 Å². The van der Waals surface area contributed by atoms with E-state index in [4.69, 9.17) is 11.6 Å². The highest BCUT2D eigenvalue weighted by Crippen LogP contribution is 2.35. The van der Waals surface area contributed by atoms with E-state index in [9.17, 15) is 9.35 Å². The SMILES string of the molecule is CCCCCCCCCCCCC(CC(=O)C[S+](C)[O-])C(Cl)c1ccccc1. The molecule has 0 aromatic heterocycles. The molecule has 0 radical (unpaired) electrons. The van der Waals surface area contributed by atoms with Gasteiger partial charge in [0.15, 0.2) is 11.5 Å². The Kier molecular flexibility index (Phi) is 14.9. The van der Waals surface area contributed by atoms with Gasteiger partial charge in [0, 0.05) is 6.42 Å². The summed E-state index contributed by atoms with van der Waals surface area (Å²) in [6.07, 6.45) is 16.0. The Morgan fingerprint density at radius 1 is 0.964 bits per heavy atom. The molecule has 0 heterocycles. The van der Waals surface area contributed by atoms with Crippen molar-refractivity contribution in [3.05, 3.63) is 35.9 Å². The molecule has 3 unspecified atom stereocenters. The van der Waals surface area contributed by atoms with E-state index in [2.05, 4.69) is 6.92 Å². The average Bonchev–Trinajstić information content (AvgIpc) is 2.68. The van der Waals surface area contributed by atoms with E-state index in [1.54, 1.807) is 6.26 Å². The van der Waals surface area contributed by atoms with E-state index < -0.39 is 11.2 Å². The highest BCUT2D eigenvalue weighted by molar-refractivity contribution is 7.91. The number of Topliss-reactive ketones (excluding diaryl/α,β-unsaturated/α-hetero) is 1. The lowest BCUT2D eigenvalue weighted by atomic mass is 9.89. The number of rotatable bonds is 17. The van der Waals surface area contributed by atoms with Gasteiger partial charge in [-0.25, -0.2) is 0 Å². The molecule has 0 saturated carbocycles. The Morgan fingerprint density at radius 2 is 1.50 bits per heavy atom. The molecule has 0 spiro atoms. The van der Waals surface area contributed by atoms with Crippen molar-refractivity contribution >= 4 is 28.6 Å². The monoisotopic (exact) mass is 426 g/mol. The second-order valence-electron chi connectivity index (χ2n) is 8.00. The zero-order chi connectivity index (χ0) is 20.6. The minimum atomic E-state index is -1.08. The molecule has 1 aromatic rings. The smallest absolute Gasteiger partial charge is 0.182 e. The number of carbonyl (C=O) groups is 1. The zero-order valence-corrected chi connectivity index (χ0v) is 19.4. The van der Waals surface area contributed by atoms with Crippen molar-refractivity contribution in [1.29, 1.82) is 0 Å². The topological polar surface area (TPSA) is 40.1 Å². The Bertz CT molecular complexity index is 507. The predicted molar refractivity (Wildman–Crippen MR) is 124 cm³/mol. The summed E-state index contributed by atoms with van der Waals surface area (Å²) < 4.78 is 11.4. The van der Waals surface area contributed by atoms with Crippen LogP contribution in [0.5, 0.6) is 0 Å². The van der Waals surface area contributed by atoms with E-state index in [1.807, 2.05) is 30.3 Å². The van der Waals surface area contributed by atoms with Gasteiger partial charge in [-0.15, -0.1) is 11.6 Å². The van der Waals surface area contributed by atoms with Crippen LogP contribution in [0.25, 0.3) is 0 Å². The van der Waals surface area contributed by atoms with Crippen LogP contribution in [0.1, 0.15) is 94.9 Å². The summed E-state index contributed by atoms with van der Waals surface area (Å²) in [6, 6.07) is 10.0. The second kappa shape index (κ2) is 16.3. The molecule has 0 N–H and O–H groups in total. The van der Waals surface area contributed by atoms with Crippen LogP contribution < -0.4 is 0 Å². The van der Waals surface area contributed by atoms with Crippen LogP contribution in [0.4, 0.5) is 0 Å². The van der Waals surface area contributed by atoms with Gasteiger partial charge < -0.3 is 4.55 Å². The highest BCUT2D eigenvalue weighted by Gasteiger charge is 2.24. The molecule has 1 rings (SSSR count). The molecule has 1 aromatic carbocycles. The van der Waals surface area contributed by atoms with E-state index in [0.29, 0.717) is 6.42 Å². The molecular weight excluding hydrogens is 388 g/mol. The van der Waals surface area contributed by atoms with Crippen LogP contribution in [0.2, 0.25) is 0 Å². The van der Waals surface area contributed by atoms with Crippen molar-refractivity contribution in [2.45, 2.75) is 89.4 Å². The van der Waals surface area contributed by atoms with Gasteiger partial charge >= 0.3 is 0 Å². The van der Waals surface area contributed by atoms with Gasteiger partial charge in [0.05, 0.1) is 11.6 Å². The standard InChI is InChI=1S/C24H39ClO2S/c1-3-4-5-6-7-8-9-10-11-13-18-22(19-23(26)20-28(2)27)24(25)21-16-14-12-15-17-21/h12,14-17,22,24H,3-11,13,18-20H2,1-2H3. The molecule has 0 saturated heterocycles. The van der Waals surface area contributed by atoms with Crippen LogP contribution >= 0.6 is 11.6 Å². The Labute approximate surface area is 181 Å². The summed E-state index contributed by atoms with van der Waals surface area (Å²) in [5.41, 5.74) is 1.08.